The van der Waals surface area contributed by atoms with Crippen LogP contribution in [0, 0.1) is 0 Å². The molecule has 0 bridgehead atoms. The van der Waals surface area contributed by atoms with Crippen LogP contribution >= 0.6 is 15.9 Å². The molecule has 5 nitrogen and oxygen atoms in total. The molecule has 1 atom stereocenters. The molecule has 1 saturated heterocycles. The molecule has 0 saturated carbocycles. The van der Waals surface area contributed by atoms with Crippen molar-refractivity contribution >= 4 is 33.7 Å². The fraction of sp³-hybridized carbons (Fsp3) is 0.308. The van der Waals surface area contributed by atoms with Gasteiger partial charge in [-0.15, -0.1) is 0 Å². The molecule has 1 aliphatic heterocycles. The molecular weight excluding hydrogens is 312 g/mol. The van der Waals surface area contributed by atoms with Gasteiger partial charge >= 0.3 is 0 Å². The summed E-state index contributed by atoms with van der Waals surface area (Å²) in [4.78, 5) is 36.3. The smallest absolute Gasteiger partial charge is 0.249 e. The summed E-state index contributed by atoms with van der Waals surface area (Å²) in [5.41, 5.74) is 0.838. The van der Waals surface area contributed by atoms with Gasteiger partial charge in [-0.3, -0.25) is 19.7 Å². The Kier molecular flexibility index (Phi) is 3.99. The first-order chi connectivity index (χ1) is 8.97. The maximum absolute atomic E-state index is 12.2. The van der Waals surface area contributed by atoms with Crippen molar-refractivity contribution in [3.63, 3.8) is 0 Å². The Morgan fingerprint density at radius 3 is 2.89 bits per heavy atom. The van der Waals surface area contributed by atoms with E-state index >= 15 is 0 Å². The van der Waals surface area contributed by atoms with Gasteiger partial charge in [-0.1, -0.05) is 28.1 Å². The van der Waals surface area contributed by atoms with Crippen molar-refractivity contribution in [3.05, 3.63) is 34.3 Å². The van der Waals surface area contributed by atoms with E-state index in [2.05, 4.69) is 21.2 Å². The van der Waals surface area contributed by atoms with Gasteiger partial charge in [0.2, 0.25) is 17.7 Å². The number of imide groups is 1. The standard InChI is InChI=1S/C13H13BrN2O3/c1-8-13(19)15-11(17)7-16(8)12(18)6-9-3-2-4-10(14)5-9/h2-5,8H,6-7H2,1H3,(H,15,17,19). The molecule has 1 heterocycles. The van der Waals surface area contributed by atoms with E-state index in [0.29, 0.717) is 0 Å². The van der Waals surface area contributed by atoms with Gasteiger partial charge in [0, 0.05) is 4.47 Å². The number of nitrogens with one attached hydrogen (secondary N) is 1. The van der Waals surface area contributed by atoms with Crippen molar-refractivity contribution in [1.82, 2.24) is 10.2 Å². The second-order valence-corrected chi connectivity index (χ2v) is 5.33. The lowest BCUT2D eigenvalue weighted by atomic mass is 10.1. The highest BCUT2D eigenvalue weighted by molar-refractivity contribution is 9.10. The van der Waals surface area contributed by atoms with Crippen LogP contribution in [0.1, 0.15) is 12.5 Å². The van der Waals surface area contributed by atoms with Crippen LogP contribution in [-0.4, -0.2) is 35.2 Å². The normalized spacial score (nSPS) is 19.3. The lowest BCUT2D eigenvalue weighted by Gasteiger charge is -2.31. The highest BCUT2D eigenvalue weighted by Gasteiger charge is 2.33. The van der Waals surface area contributed by atoms with Gasteiger partial charge in [0.05, 0.1) is 6.42 Å². The third kappa shape index (κ3) is 3.20. The zero-order valence-electron chi connectivity index (χ0n) is 10.4. The van der Waals surface area contributed by atoms with Crippen LogP contribution in [0.15, 0.2) is 28.7 Å². The minimum absolute atomic E-state index is 0.0697. The second kappa shape index (κ2) is 5.52. The number of carbonyl (C=O) groups excluding carboxylic acids is 3. The van der Waals surface area contributed by atoms with E-state index in [9.17, 15) is 14.4 Å². The number of carbonyl (C=O) groups is 3. The van der Waals surface area contributed by atoms with Gasteiger partial charge in [0.25, 0.3) is 0 Å². The lowest BCUT2D eigenvalue weighted by molar-refractivity contribution is -0.149. The summed E-state index contributed by atoms with van der Waals surface area (Å²) in [7, 11) is 0. The van der Waals surface area contributed by atoms with Crippen molar-refractivity contribution in [2.45, 2.75) is 19.4 Å². The van der Waals surface area contributed by atoms with Crippen LogP contribution in [0.25, 0.3) is 0 Å². The molecule has 1 fully saturated rings. The quantitative estimate of drug-likeness (QED) is 0.821. The van der Waals surface area contributed by atoms with E-state index in [1.54, 1.807) is 6.92 Å². The van der Waals surface area contributed by atoms with Crippen LogP contribution in [0.3, 0.4) is 0 Å². The zero-order valence-corrected chi connectivity index (χ0v) is 11.9. The summed E-state index contributed by atoms with van der Waals surface area (Å²) in [6, 6.07) is 6.77. The Morgan fingerprint density at radius 2 is 2.21 bits per heavy atom. The van der Waals surface area contributed by atoms with Gasteiger partial charge in [-0.05, 0) is 24.6 Å². The molecule has 100 valence electrons. The number of benzene rings is 1. The molecule has 19 heavy (non-hydrogen) atoms. The van der Waals surface area contributed by atoms with Crippen LogP contribution in [0.2, 0.25) is 0 Å². The number of halogens is 1. The zero-order chi connectivity index (χ0) is 14.0. The molecule has 1 aromatic rings. The topological polar surface area (TPSA) is 66.5 Å². The third-order valence-electron chi connectivity index (χ3n) is 2.99. The van der Waals surface area contributed by atoms with Gasteiger partial charge in [0.1, 0.15) is 12.6 Å². The average molecular weight is 325 g/mol. The van der Waals surface area contributed by atoms with E-state index in [1.165, 1.54) is 4.90 Å². The van der Waals surface area contributed by atoms with Crippen molar-refractivity contribution in [1.29, 1.82) is 0 Å². The minimum atomic E-state index is -0.614. The van der Waals surface area contributed by atoms with E-state index in [-0.39, 0.29) is 18.9 Å². The molecular formula is C13H13BrN2O3. The SMILES string of the molecule is CC1C(=O)NC(=O)CN1C(=O)Cc1cccc(Br)c1. The first-order valence-corrected chi connectivity index (χ1v) is 6.64. The summed E-state index contributed by atoms with van der Waals surface area (Å²) in [6.07, 6.45) is 0.171. The number of amides is 3. The number of hydrogen-bond donors (Lipinski definition) is 1. The van der Waals surface area contributed by atoms with Crippen LogP contribution in [-0.2, 0) is 20.8 Å². The maximum Gasteiger partial charge on any atom is 0.249 e. The van der Waals surface area contributed by atoms with E-state index in [4.69, 9.17) is 0 Å². The highest BCUT2D eigenvalue weighted by atomic mass is 79.9. The summed E-state index contributed by atoms with van der Waals surface area (Å²) >= 11 is 3.34. The van der Waals surface area contributed by atoms with Gasteiger partial charge in [0.15, 0.2) is 0 Å². The van der Waals surface area contributed by atoms with Crippen LogP contribution in [0.4, 0.5) is 0 Å². The van der Waals surface area contributed by atoms with Gasteiger partial charge in [-0.2, -0.15) is 0 Å². The third-order valence-corrected chi connectivity index (χ3v) is 3.48. The largest absolute Gasteiger partial charge is 0.321 e. The van der Waals surface area contributed by atoms with Gasteiger partial charge in [-0.25, -0.2) is 0 Å². The van der Waals surface area contributed by atoms with Gasteiger partial charge < -0.3 is 4.90 Å². The predicted molar refractivity (Wildman–Crippen MR) is 72.2 cm³/mol. The molecule has 0 aromatic heterocycles. The number of hydrogen-bond acceptors (Lipinski definition) is 3. The molecule has 3 amide bonds. The number of piperazine rings is 1. The fourth-order valence-electron chi connectivity index (χ4n) is 1.94. The van der Waals surface area contributed by atoms with Crippen LogP contribution < -0.4 is 5.32 Å². The molecule has 0 radical (unpaired) electrons. The second-order valence-electron chi connectivity index (χ2n) is 4.42. The molecule has 1 unspecified atom stereocenters. The molecule has 0 spiro atoms. The Hall–Kier alpha value is -1.69. The molecule has 1 N–H and O–H groups in total. The van der Waals surface area contributed by atoms with Crippen molar-refractivity contribution < 1.29 is 14.4 Å². The predicted octanol–water partition coefficient (Wildman–Crippen LogP) is 0.865. The Balaban J connectivity index is 2.11. The number of nitrogens with zero attached hydrogens (tertiary/aromatic N) is 1. The first kappa shape index (κ1) is 13.7. The highest BCUT2D eigenvalue weighted by Crippen LogP contribution is 2.14. The molecule has 1 aliphatic rings. The lowest BCUT2D eigenvalue weighted by Crippen LogP contribution is -2.58. The summed E-state index contributed by atoms with van der Waals surface area (Å²) in [5, 5.41) is 2.21. The van der Waals surface area contributed by atoms with Crippen molar-refractivity contribution in [2.24, 2.45) is 0 Å². The van der Waals surface area contributed by atoms with Crippen molar-refractivity contribution in [2.75, 3.05) is 6.54 Å². The van der Waals surface area contributed by atoms with E-state index < -0.39 is 17.9 Å². The maximum atomic E-state index is 12.2. The molecule has 2 rings (SSSR count). The molecule has 0 aliphatic carbocycles. The monoisotopic (exact) mass is 324 g/mol. The van der Waals surface area contributed by atoms with Crippen molar-refractivity contribution in [3.8, 4) is 0 Å². The first-order valence-electron chi connectivity index (χ1n) is 5.85. The Morgan fingerprint density at radius 1 is 1.47 bits per heavy atom. The molecule has 6 heteroatoms. The Labute approximate surface area is 119 Å². The van der Waals surface area contributed by atoms with E-state index in [0.717, 1.165) is 10.0 Å². The summed E-state index contributed by atoms with van der Waals surface area (Å²) < 4.78 is 0.887. The Bertz CT molecular complexity index is 544. The van der Waals surface area contributed by atoms with Crippen LogP contribution in [0.5, 0.6) is 0 Å². The van der Waals surface area contributed by atoms with E-state index in [1.807, 2.05) is 24.3 Å². The minimum Gasteiger partial charge on any atom is -0.321 e. The number of rotatable bonds is 2. The fourth-order valence-corrected chi connectivity index (χ4v) is 2.39. The molecule has 1 aromatic carbocycles. The summed E-state index contributed by atoms with van der Waals surface area (Å²) in [6.45, 7) is 1.54. The average Bonchev–Trinajstić information content (AvgIpc) is 2.33. The summed E-state index contributed by atoms with van der Waals surface area (Å²) in [5.74, 6) is -1.10.